The SMILES string of the molecule is COC(=O)C(CNc1ccccc1NC(C)=O)C(=O)OC. The lowest BCUT2D eigenvalue weighted by Gasteiger charge is -2.16. The second-order valence-electron chi connectivity index (χ2n) is 4.21. The lowest BCUT2D eigenvalue weighted by Crippen LogP contribution is -2.32. The number of carbonyl (C=O) groups excluding carboxylic acids is 3. The number of benzene rings is 1. The van der Waals surface area contributed by atoms with E-state index in [-0.39, 0.29) is 12.5 Å². The van der Waals surface area contributed by atoms with Crippen LogP contribution in [0.1, 0.15) is 6.92 Å². The molecule has 0 aliphatic heterocycles. The lowest BCUT2D eigenvalue weighted by atomic mass is 10.1. The molecule has 0 saturated carbocycles. The maximum Gasteiger partial charge on any atom is 0.321 e. The molecule has 7 nitrogen and oxygen atoms in total. The average Bonchev–Trinajstić information content (AvgIpc) is 2.47. The first kappa shape index (κ1) is 16.5. The summed E-state index contributed by atoms with van der Waals surface area (Å²) < 4.78 is 9.14. The summed E-state index contributed by atoms with van der Waals surface area (Å²) in [6.07, 6.45) is 0. The highest BCUT2D eigenvalue weighted by atomic mass is 16.5. The molecule has 2 N–H and O–H groups in total. The second kappa shape index (κ2) is 7.88. The molecule has 0 fully saturated rings. The third-order valence-corrected chi connectivity index (χ3v) is 2.71. The number of para-hydroxylation sites is 2. The molecule has 0 aromatic heterocycles. The number of ether oxygens (including phenoxy) is 2. The minimum absolute atomic E-state index is 0.00402. The zero-order chi connectivity index (χ0) is 15.8. The summed E-state index contributed by atoms with van der Waals surface area (Å²) in [4.78, 5) is 34.3. The third kappa shape index (κ3) is 4.79. The lowest BCUT2D eigenvalue weighted by molar-refractivity contribution is -0.158. The summed E-state index contributed by atoms with van der Waals surface area (Å²) in [6.45, 7) is 1.39. The van der Waals surface area contributed by atoms with Crippen LogP contribution in [-0.4, -0.2) is 38.6 Å². The van der Waals surface area contributed by atoms with Crippen LogP contribution in [0.25, 0.3) is 0 Å². The van der Waals surface area contributed by atoms with E-state index in [9.17, 15) is 14.4 Å². The number of amides is 1. The molecule has 0 radical (unpaired) electrons. The Hall–Kier alpha value is -2.57. The summed E-state index contributed by atoms with van der Waals surface area (Å²) in [5.41, 5.74) is 1.14. The number of hydrogen-bond acceptors (Lipinski definition) is 6. The van der Waals surface area contributed by atoms with Gasteiger partial charge in [-0.1, -0.05) is 12.1 Å². The quantitative estimate of drug-likeness (QED) is 0.601. The monoisotopic (exact) mass is 294 g/mol. The highest BCUT2D eigenvalue weighted by molar-refractivity contribution is 5.96. The molecule has 0 unspecified atom stereocenters. The molecule has 0 spiro atoms. The zero-order valence-electron chi connectivity index (χ0n) is 12.1. The van der Waals surface area contributed by atoms with Gasteiger partial charge in [-0.3, -0.25) is 14.4 Å². The van der Waals surface area contributed by atoms with E-state index >= 15 is 0 Å². The number of carbonyl (C=O) groups is 3. The summed E-state index contributed by atoms with van der Waals surface area (Å²) in [5, 5.41) is 5.58. The van der Waals surface area contributed by atoms with Crippen LogP contribution >= 0.6 is 0 Å². The van der Waals surface area contributed by atoms with Crippen molar-refractivity contribution in [2.45, 2.75) is 6.92 Å². The molecule has 0 bridgehead atoms. The van der Waals surface area contributed by atoms with Gasteiger partial charge in [0, 0.05) is 13.5 Å². The van der Waals surface area contributed by atoms with E-state index in [1.807, 2.05) is 0 Å². The minimum atomic E-state index is -1.08. The molecule has 1 rings (SSSR count). The van der Waals surface area contributed by atoms with Crippen molar-refractivity contribution in [2.24, 2.45) is 5.92 Å². The maximum atomic E-state index is 11.6. The Balaban J connectivity index is 2.82. The summed E-state index contributed by atoms with van der Waals surface area (Å²) in [7, 11) is 2.40. The van der Waals surface area contributed by atoms with Crippen LogP contribution in [0.3, 0.4) is 0 Å². The molecule has 0 saturated heterocycles. The molecule has 1 amide bonds. The largest absolute Gasteiger partial charge is 0.468 e. The van der Waals surface area contributed by atoms with Crippen LogP contribution in [0.2, 0.25) is 0 Å². The van der Waals surface area contributed by atoms with Crippen molar-refractivity contribution in [2.75, 3.05) is 31.4 Å². The van der Waals surface area contributed by atoms with Crippen molar-refractivity contribution in [1.29, 1.82) is 0 Å². The molecule has 7 heteroatoms. The van der Waals surface area contributed by atoms with Crippen molar-refractivity contribution >= 4 is 29.2 Å². The first-order chi connectivity index (χ1) is 9.99. The van der Waals surface area contributed by atoms with Crippen LogP contribution in [-0.2, 0) is 23.9 Å². The van der Waals surface area contributed by atoms with Gasteiger partial charge in [0.2, 0.25) is 5.91 Å². The number of anilines is 2. The van der Waals surface area contributed by atoms with Crippen molar-refractivity contribution in [1.82, 2.24) is 0 Å². The Morgan fingerprint density at radius 1 is 1.05 bits per heavy atom. The highest BCUT2D eigenvalue weighted by Crippen LogP contribution is 2.21. The standard InChI is InChI=1S/C14H18N2O5/c1-9(17)16-12-7-5-4-6-11(12)15-8-10(13(18)20-2)14(19)21-3/h4-7,10,15H,8H2,1-3H3,(H,16,17). The van der Waals surface area contributed by atoms with Gasteiger partial charge in [-0.2, -0.15) is 0 Å². The molecule has 0 heterocycles. The van der Waals surface area contributed by atoms with Gasteiger partial charge in [-0.15, -0.1) is 0 Å². The Morgan fingerprint density at radius 3 is 2.05 bits per heavy atom. The molecule has 1 aromatic carbocycles. The molecular formula is C14H18N2O5. The smallest absolute Gasteiger partial charge is 0.321 e. The zero-order valence-corrected chi connectivity index (χ0v) is 12.1. The van der Waals surface area contributed by atoms with Crippen LogP contribution in [0.15, 0.2) is 24.3 Å². The van der Waals surface area contributed by atoms with Crippen LogP contribution < -0.4 is 10.6 Å². The number of methoxy groups -OCH3 is 2. The summed E-state index contributed by atoms with van der Waals surface area (Å²) in [6, 6.07) is 6.94. The van der Waals surface area contributed by atoms with Gasteiger partial charge in [0.15, 0.2) is 5.92 Å². The van der Waals surface area contributed by atoms with Crippen molar-refractivity contribution in [3.63, 3.8) is 0 Å². The van der Waals surface area contributed by atoms with Gasteiger partial charge < -0.3 is 20.1 Å². The molecule has 21 heavy (non-hydrogen) atoms. The molecule has 0 aliphatic rings. The van der Waals surface area contributed by atoms with E-state index in [2.05, 4.69) is 20.1 Å². The number of rotatable bonds is 6. The minimum Gasteiger partial charge on any atom is -0.468 e. The molecule has 114 valence electrons. The predicted octanol–water partition coefficient (Wildman–Crippen LogP) is 1.02. The molecule has 0 aliphatic carbocycles. The van der Waals surface area contributed by atoms with E-state index in [0.717, 1.165) is 0 Å². The van der Waals surface area contributed by atoms with Crippen LogP contribution in [0.5, 0.6) is 0 Å². The van der Waals surface area contributed by atoms with Gasteiger partial charge in [0.05, 0.1) is 25.6 Å². The predicted molar refractivity (Wildman–Crippen MR) is 76.8 cm³/mol. The number of esters is 2. The van der Waals surface area contributed by atoms with E-state index in [1.54, 1.807) is 24.3 Å². The Morgan fingerprint density at radius 2 is 1.57 bits per heavy atom. The summed E-state index contributed by atoms with van der Waals surface area (Å²) in [5.74, 6) is -2.68. The van der Waals surface area contributed by atoms with Gasteiger partial charge in [0.25, 0.3) is 0 Å². The fraction of sp³-hybridized carbons (Fsp3) is 0.357. The topological polar surface area (TPSA) is 93.7 Å². The Kier molecular flexibility index (Phi) is 6.19. The highest BCUT2D eigenvalue weighted by Gasteiger charge is 2.28. The van der Waals surface area contributed by atoms with E-state index in [1.165, 1.54) is 21.1 Å². The van der Waals surface area contributed by atoms with Crippen molar-refractivity contribution in [3.05, 3.63) is 24.3 Å². The average molecular weight is 294 g/mol. The molecule has 0 atom stereocenters. The molecule has 1 aromatic rings. The van der Waals surface area contributed by atoms with E-state index < -0.39 is 17.9 Å². The van der Waals surface area contributed by atoms with Crippen LogP contribution in [0.4, 0.5) is 11.4 Å². The normalized spacial score (nSPS) is 9.90. The van der Waals surface area contributed by atoms with Gasteiger partial charge in [0.1, 0.15) is 0 Å². The van der Waals surface area contributed by atoms with Gasteiger partial charge in [-0.05, 0) is 12.1 Å². The molecular weight excluding hydrogens is 276 g/mol. The van der Waals surface area contributed by atoms with Crippen molar-refractivity contribution in [3.8, 4) is 0 Å². The summed E-state index contributed by atoms with van der Waals surface area (Å²) >= 11 is 0. The van der Waals surface area contributed by atoms with Gasteiger partial charge in [-0.25, -0.2) is 0 Å². The fourth-order valence-corrected chi connectivity index (χ4v) is 1.70. The Bertz CT molecular complexity index is 514. The first-order valence-electron chi connectivity index (χ1n) is 6.25. The number of hydrogen-bond donors (Lipinski definition) is 2. The Labute approximate surface area is 122 Å². The first-order valence-corrected chi connectivity index (χ1v) is 6.25. The third-order valence-electron chi connectivity index (χ3n) is 2.71. The van der Waals surface area contributed by atoms with E-state index in [0.29, 0.717) is 11.4 Å². The van der Waals surface area contributed by atoms with Crippen molar-refractivity contribution < 1.29 is 23.9 Å². The van der Waals surface area contributed by atoms with Crippen LogP contribution in [0, 0.1) is 5.92 Å². The fourth-order valence-electron chi connectivity index (χ4n) is 1.70. The van der Waals surface area contributed by atoms with E-state index in [4.69, 9.17) is 0 Å². The van der Waals surface area contributed by atoms with Gasteiger partial charge >= 0.3 is 11.9 Å². The number of nitrogens with one attached hydrogen (secondary N) is 2. The maximum absolute atomic E-state index is 11.6. The second-order valence-corrected chi connectivity index (χ2v) is 4.21.